The number of nitrogens with one attached hydrogen (secondary N) is 1. The standard InChI is InChI=1S/C13H16N2O2S2/c1-10-4-2-3-5-11(10)9-15-19(16,17)13-6-7-18-12(13)8-14/h2-7,15H,8-9,14H2,1H3. The van der Waals surface area contributed by atoms with Crippen LogP contribution in [0.5, 0.6) is 0 Å². The summed E-state index contributed by atoms with van der Waals surface area (Å²) in [6.07, 6.45) is 0. The SMILES string of the molecule is Cc1ccccc1CNS(=O)(=O)c1ccsc1CN. The molecule has 0 aliphatic carbocycles. The van der Waals surface area contributed by atoms with E-state index in [-0.39, 0.29) is 18.0 Å². The second kappa shape index (κ2) is 5.83. The lowest BCUT2D eigenvalue weighted by molar-refractivity contribution is 0.580. The fourth-order valence-corrected chi connectivity index (χ4v) is 4.12. The number of thiophene rings is 1. The lowest BCUT2D eigenvalue weighted by atomic mass is 10.1. The van der Waals surface area contributed by atoms with Gasteiger partial charge in [-0.1, -0.05) is 24.3 Å². The van der Waals surface area contributed by atoms with Crippen molar-refractivity contribution in [1.82, 2.24) is 4.72 Å². The Hall–Kier alpha value is -1.21. The van der Waals surface area contributed by atoms with Gasteiger partial charge in [-0.2, -0.15) is 0 Å². The second-order valence-corrected chi connectivity index (χ2v) is 6.90. The van der Waals surface area contributed by atoms with E-state index in [1.165, 1.54) is 11.3 Å². The maximum Gasteiger partial charge on any atom is 0.242 e. The summed E-state index contributed by atoms with van der Waals surface area (Å²) in [6, 6.07) is 9.28. The molecule has 0 spiro atoms. The smallest absolute Gasteiger partial charge is 0.242 e. The topological polar surface area (TPSA) is 72.2 Å². The highest BCUT2D eigenvalue weighted by Gasteiger charge is 2.18. The van der Waals surface area contributed by atoms with Crippen LogP contribution in [0.2, 0.25) is 0 Å². The highest BCUT2D eigenvalue weighted by molar-refractivity contribution is 7.89. The predicted octanol–water partition coefficient (Wildman–Crippen LogP) is 1.99. The number of hydrogen-bond acceptors (Lipinski definition) is 4. The van der Waals surface area contributed by atoms with Gasteiger partial charge in [-0.3, -0.25) is 0 Å². The Morgan fingerprint density at radius 2 is 2.00 bits per heavy atom. The van der Waals surface area contributed by atoms with Crippen LogP contribution in [0, 0.1) is 6.92 Å². The Labute approximate surface area is 117 Å². The van der Waals surface area contributed by atoms with E-state index in [9.17, 15) is 8.42 Å². The maximum atomic E-state index is 12.2. The van der Waals surface area contributed by atoms with Gasteiger partial charge in [0.15, 0.2) is 0 Å². The summed E-state index contributed by atoms with van der Waals surface area (Å²) in [4.78, 5) is 0.964. The molecular weight excluding hydrogens is 280 g/mol. The highest BCUT2D eigenvalue weighted by Crippen LogP contribution is 2.21. The normalized spacial score (nSPS) is 11.7. The van der Waals surface area contributed by atoms with Crippen LogP contribution in [-0.4, -0.2) is 8.42 Å². The molecule has 19 heavy (non-hydrogen) atoms. The molecule has 0 saturated heterocycles. The monoisotopic (exact) mass is 296 g/mol. The fraction of sp³-hybridized carbons (Fsp3) is 0.231. The van der Waals surface area contributed by atoms with Gasteiger partial charge in [-0.05, 0) is 29.5 Å². The van der Waals surface area contributed by atoms with Crippen LogP contribution >= 0.6 is 11.3 Å². The average Bonchev–Trinajstić information content (AvgIpc) is 2.87. The number of aryl methyl sites for hydroxylation is 1. The van der Waals surface area contributed by atoms with Gasteiger partial charge >= 0.3 is 0 Å². The molecular formula is C13H16N2O2S2. The van der Waals surface area contributed by atoms with Crippen LogP contribution in [0.1, 0.15) is 16.0 Å². The molecule has 1 heterocycles. The zero-order valence-electron chi connectivity index (χ0n) is 10.6. The largest absolute Gasteiger partial charge is 0.326 e. The van der Waals surface area contributed by atoms with E-state index in [1.807, 2.05) is 31.2 Å². The molecule has 0 bridgehead atoms. The molecule has 0 aliphatic heterocycles. The molecule has 2 aromatic rings. The van der Waals surface area contributed by atoms with Gasteiger partial charge < -0.3 is 5.73 Å². The minimum absolute atomic E-state index is 0.234. The van der Waals surface area contributed by atoms with Crippen molar-refractivity contribution in [2.24, 2.45) is 5.73 Å². The van der Waals surface area contributed by atoms with Crippen molar-refractivity contribution >= 4 is 21.4 Å². The van der Waals surface area contributed by atoms with Gasteiger partial charge in [0.05, 0.1) is 4.90 Å². The lowest BCUT2D eigenvalue weighted by Gasteiger charge is -2.09. The molecule has 102 valence electrons. The average molecular weight is 296 g/mol. The van der Waals surface area contributed by atoms with Crippen molar-refractivity contribution in [3.05, 3.63) is 51.7 Å². The van der Waals surface area contributed by atoms with E-state index >= 15 is 0 Å². The fourth-order valence-electron chi connectivity index (χ4n) is 1.78. The summed E-state index contributed by atoms with van der Waals surface area (Å²) in [5.41, 5.74) is 7.57. The van der Waals surface area contributed by atoms with Crippen LogP contribution in [0.25, 0.3) is 0 Å². The zero-order valence-corrected chi connectivity index (χ0v) is 12.2. The molecule has 0 fully saturated rings. The number of sulfonamides is 1. The molecule has 0 unspecified atom stereocenters. The van der Waals surface area contributed by atoms with Crippen molar-refractivity contribution in [3.63, 3.8) is 0 Å². The molecule has 0 atom stereocenters. The van der Waals surface area contributed by atoms with Crippen molar-refractivity contribution < 1.29 is 8.42 Å². The van der Waals surface area contributed by atoms with Gasteiger partial charge in [-0.15, -0.1) is 11.3 Å². The molecule has 3 N–H and O–H groups in total. The first-order chi connectivity index (χ1) is 9.04. The van der Waals surface area contributed by atoms with E-state index in [2.05, 4.69) is 4.72 Å². The Balaban J connectivity index is 2.17. The first-order valence-corrected chi connectivity index (χ1v) is 8.21. The molecule has 6 heteroatoms. The summed E-state index contributed by atoms with van der Waals surface area (Å²) >= 11 is 1.36. The van der Waals surface area contributed by atoms with E-state index in [1.54, 1.807) is 11.4 Å². The van der Waals surface area contributed by atoms with Crippen LogP contribution in [-0.2, 0) is 23.1 Å². The molecule has 1 aromatic heterocycles. The zero-order chi connectivity index (χ0) is 13.9. The van der Waals surface area contributed by atoms with E-state index in [4.69, 9.17) is 5.73 Å². The van der Waals surface area contributed by atoms with Gasteiger partial charge in [0.2, 0.25) is 10.0 Å². The molecule has 4 nitrogen and oxygen atoms in total. The third-order valence-electron chi connectivity index (χ3n) is 2.89. The van der Waals surface area contributed by atoms with Crippen molar-refractivity contribution in [1.29, 1.82) is 0 Å². The molecule has 1 aromatic carbocycles. The molecule has 0 saturated carbocycles. The summed E-state index contributed by atoms with van der Waals surface area (Å²) in [7, 11) is -3.49. The van der Waals surface area contributed by atoms with Gasteiger partial charge in [0, 0.05) is 18.0 Å². The third-order valence-corrected chi connectivity index (χ3v) is 5.45. The van der Waals surface area contributed by atoms with Gasteiger partial charge in [-0.25, -0.2) is 13.1 Å². The lowest BCUT2D eigenvalue weighted by Crippen LogP contribution is -2.24. The van der Waals surface area contributed by atoms with Crippen LogP contribution in [0.4, 0.5) is 0 Å². The van der Waals surface area contributed by atoms with Gasteiger partial charge in [0.1, 0.15) is 0 Å². The van der Waals surface area contributed by atoms with Crippen molar-refractivity contribution in [2.75, 3.05) is 0 Å². The van der Waals surface area contributed by atoms with E-state index in [0.29, 0.717) is 4.88 Å². The quantitative estimate of drug-likeness (QED) is 0.886. The van der Waals surface area contributed by atoms with Crippen molar-refractivity contribution in [3.8, 4) is 0 Å². The Bertz CT molecular complexity index is 663. The first-order valence-electron chi connectivity index (χ1n) is 5.85. The highest BCUT2D eigenvalue weighted by atomic mass is 32.2. The minimum Gasteiger partial charge on any atom is -0.326 e. The molecule has 0 amide bonds. The number of rotatable bonds is 5. The molecule has 0 aliphatic rings. The van der Waals surface area contributed by atoms with Crippen molar-refractivity contribution in [2.45, 2.75) is 24.9 Å². The summed E-state index contributed by atoms with van der Waals surface area (Å²) < 4.78 is 27.0. The van der Waals surface area contributed by atoms with Crippen LogP contribution in [0.3, 0.4) is 0 Å². The second-order valence-electron chi connectivity index (χ2n) is 4.16. The van der Waals surface area contributed by atoms with E-state index < -0.39 is 10.0 Å². The molecule has 2 rings (SSSR count). The third kappa shape index (κ3) is 3.22. The predicted molar refractivity (Wildman–Crippen MR) is 77.4 cm³/mol. The van der Waals surface area contributed by atoms with Crippen LogP contribution < -0.4 is 10.5 Å². The first kappa shape index (κ1) is 14.2. The Morgan fingerprint density at radius 1 is 1.26 bits per heavy atom. The van der Waals surface area contributed by atoms with Gasteiger partial charge in [0.25, 0.3) is 0 Å². The Morgan fingerprint density at radius 3 is 2.68 bits per heavy atom. The number of benzene rings is 1. The maximum absolute atomic E-state index is 12.2. The van der Waals surface area contributed by atoms with Crippen LogP contribution in [0.15, 0.2) is 40.6 Å². The van der Waals surface area contributed by atoms with E-state index in [0.717, 1.165) is 11.1 Å². The number of nitrogens with two attached hydrogens (primary N) is 1. The summed E-state index contributed by atoms with van der Waals surface area (Å²) in [6.45, 7) is 2.48. The molecule has 0 radical (unpaired) electrons. The summed E-state index contributed by atoms with van der Waals surface area (Å²) in [5.74, 6) is 0. The Kier molecular flexibility index (Phi) is 4.36. The number of hydrogen-bond donors (Lipinski definition) is 2. The summed E-state index contributed by atoms with van der Waals surface area (Å²) in [5, 5.41) is 1.74. The minimum atomic E-state index is -3.49.